The molecule has 0 N–H and O–H groups in total. The van der Waals surface area contributed by atoms with E-state index in [9.17, 15) is 0 Å². The van der Waals surface area contributed by atoms with Crippen LogP contribution in [0.1, 0.15) is 0 Å². The predicted octanol–water partition coefficient (Wildman–Crippen LogP) is 11.6. The highest BCUT2D eigenvalue weighted by molar-refractivity contribution is 7.85. The third-order valence-corrected chi connectivity index (χ3v) is 13.6. The molecule has 0 atom stereocenters. The van der Waals surface area contributed by atoms with Crippen molar-refractivity contribution >= 4 is 55.8 Å². The summed E-state index contributed by atoms with van der Waals surface area (Å²) in [5, 5.41) is 5.36. The monoisotopic (exact) mass is 735 g/mol. The lowest BCUT2D eigenvalue weighted by atomic mass is 9.91. The Balaban J connectivity index is 1.30. The Bertz CT molecular complexity index is 3020. The summed E-state index contributed by atoms with van der Waals surface area (Å²) in [5.74, 6) is 0. The molecule has 0 radical (unpaired) electrons. The van der Waals surface area contributed by atoms with Gasteiger partial charge in [0.2, 0.25) is 0 Å². The molecule has 0 amide bonds. The van der Waals surface area contributed by atoms with Gasteiger partial charge in [-0.2, -0.15) is 0 Å². The van der Waals surface area contributed by atoms with Gasteiger partial charge in [0.15, 0.2) is 7.14 Å². The first-order chi connectivity index (χ1) is 27.7. The molecule has 0 aliphatic carbocycles. The second-order valence-electron chi connectivity index (χ2n) is 13.9. The largest absolute Gasteiger partial charge is 0.309 e. The molecule has 2 heterocycles. The topological polar surface area (TPSA) is 55.7 Å². The second kappa shape index (κ2) is 14.0. The summed E-state index contributed by atoms with van der Waals surface area (Å²) in [4.78, 5) is 16.4. The summed E-state index contributed by atoms with van der Waals surface area (Å²) < 4.78 is 15.3. The van der Waals surface area contributed by atoms with Gasteiger partial charge in [-0.15, -0.1) is 0 Å². The molecule has 2 aromatic heterocycles. The van der Waals surface area contributed by atoms with Crippen molar-refractivity contribution in [2.75, 3.05) is 0 Å². The van der Waals surface area contributed by atoms with Gasteiger partial charge in [-0.1, -0.05) is 194 Å². The van der Waals surface area contributed by atoms with Crippen molar-refractivity contribution in [2.45, 2.75) is 0 Å². The number of hydrogen-bond acceptors (Lipinski definition) is 4. The molecule has 5 heteroatoms. The molecular weight excluding hydrogens is 702 g/mol. The van der Waals surface area contributed by atoms with Crippen LogP contribution in [0.15, 0.2) is 206 Å². The first kappa shape index (κ1) is 33.6. The number of aromatic nitrogens is 3. The highest BCUT2D eigenvalue weighted by Crippen LogP contribution is 2.46. The van der Waals surface area contributed by atoms with Crippen LogP contribution in [0, 0.1) is 0 Å². The SMILES string of the molecule is O=P(c1ccccc1)(c1ccccc1)c1ccc(-c2cc3nc(-c4ccccc4)c(-c4ccccc4)nc3c3c2c(-c2ccccc2)nc2ccccc23)cc1. The molecule has 10 rings (SSSR count). The molecule has 0 bridgehead atoms. The molecule has 56 heavy (non-hydrogen) atoms. The number of para-hydroxylation sites is 1. The van der Waals surface area contributed by atoms with Crippen LogP contribution in [0.3, 0.4) is 0 Å². The minimum atomic E-state index is -3.18. The number of pyridine rings is 1. The fraction of sp³-hybridized carbons (Fsp3) is 0. The zero-order valence-corrected chi connectivity index (χ0v) is 31.2. The Morgan fingerprint density at radius 3 is 1.32 bits per heavy atom. The molecule has 264 valence electrons. The maximum Gasteiger partial charge on any atom is 0.171 e. The highest BCUT2D eigenvalue weighted by atomic mass is 31.2. The molecular formula is C51H34N3OP. The second-order valence-corrected chi connectivity index (χ2v) is 16.6. The Hall–Kier alpha value is -7.00. The Labute approximate surface area is 325 Å². The van der Waals surface area contributed by atoms with Crippen molar-refractivity contribution in [1.29, 1.82) is 0 Å². The van der Waals surface area contributed by atoms with E-state index in [1.165, 1.54) is 0 Å². The standard InChI is InChI=1S/C51H34N3OP/c55-56(39-24-12-4-13-25-39,40-26-14-5-15-27-40)41-32-30-35(31-33-41)43-34-45-51(54-50(38-22-10-3-11-23-38)49(53-45)37-20-8-2-9-21-37)46-42-28-16-17-29-44(42)52-48(47(43)46)36-18-6-1-7-19-36/h1-34H. The van der Waals surface area contributed by atoms with Gasteiger partial charge in [0.05, 0.1) is 33.6 Å². The van der Waals surface area contributed by atoms with Gasteiger partial charge in [0.1, 0.15) is 0 Å². The highest BCUT2D eigenvalue weighted by Gasteiger charge is 2.30. The molecule has 0 aliphatic rings. The smallest absolute Gasteiger partial charge is 0.171 e. The van der Waals surface area contributed by atoms with Crippen LogP contribution in [-0.4, -0.2) is 15.0 Å². The molecule has 8 aromatic carbocycles. The number of fused-ring (bicyclic) bond motifs is 5. The van der Waals surface area contributed by atoms with Crippen molar-refractivity contribution in [3.05, 3.63) is 206 Å². The first-order valence-corrected chi connectivity index (χ1v) is 20.4. The van der Waals surface area contributed by atoms with Crippen LogP contribution in [0.5, 0.6) is 0 Å². The van der Waals surface area contributed by atoms with Crippen molar-refractivity contribution in [2.24, 2.45) is 0 Å². The Kier molecular flexibility index (Phi) is 8.40. The maximum atomic E-state index is 15.3. The van der Waals surface area contributed by atoms with Gasteiger partial charge in [0.25, 0.3) is 0 Å². The van der Waals surface area contributed by atoms with Crippen LogP contribution >= 0.6 is 7.14 Å². The van der Waals surface area contributed by atoms with Gasteiger partial charge < -0.3 is 4.57 Å². The Morgan fingerprint density at radius 1 is 0.339 bits per heavy atom. The normalized spacial score (nSPS) is 11.6. The average Bonchev–Trinajstić information content (AvgIpc) is 3.29. The molecule has 0 spiro atoms. The van der Waals surface area contributed by atoms with Crippen LogP contribution in [0.25, 0.3) is 77.6 Å². The van der Waals surface area contributed by atoms with Gasteiger partial charge in [0, 0.05) is 48.8 Å². The van der Waals surface area contributed by atoms with E-state index in [-0.39, 0.29) is 0 Å². The number of benzene rings is 8. The summed E-state index contributed by atoms with van der Waals surface area (Å²) in [7, 11) is -3.18. The molecule has 10 aromatic rings. The van der Waals surface area contributed by atoms with Crippen LogP contribution < -0.4 is 15.9 Å². The molecule has 0 saturated heterocycles. The van der Waals surface area contributed by atoms with Crippen molar-refractivity contribution in [3.63, 3.8) is 0 Å². The number of rotatable bonds is 7. The lowest BCUT2D eigenvalue weighted by Gasteiger charge is -2.21. The summed E-state index contributed by atoms with van der Waals surface area (Å²) in [6, 6.07) is 69.3. The lowest BCUT2D eigenvalue weighted by Crippen LogP contribution is -2.24. The maximum absolute atomic E-state index is 15.3. The molecule has 4 nitrogen and oxygen atoms in total. The van der Waals surface area contributed by atoms with E-state index >= 15 is 4.57 Å². The third kappa shape index (κ3) is 5.71. The zero-order valence-electron chi connectivity index (χ0n) is 30.3. The fourth-order valence-electron chi connectivity index (χ4n) is 7.86. The van der Waals surface area contributed by atoms with Crippen molar-refractivity contribution in [3.8, 4) is 44.9 Å². The van der Waals surface area contributed by atoms with Crippen molar-refractivity contribution in [1.82, 2.24) is 15.0 Å². The first-order valence-electron chi connectivity index (χ1n) is 18.7. The van der Waals surface area contributed by atoms with E-state index < -0.39 is 7.14 Å². The summed E-state index contributed by atoms with van der Waals surface area (Å²) in [5.41, 5.74) is 9.94. The fourth-order valence-corrected chi connectivity index (χ4v) is 10.5. The molecule has 0 fully saturated rings. The number of nitrogens with zero attached hydrogens (tertiary/aromatic N) is 3. The van der Waals surface area contributed by atoms with E-state index in [4.69, 9.17) is 15.0 Å². The third-order valence-electron chi connectivity index (χ3n) is 10.5. The van der Waals surface area contributed by atoms with E-state index in [1.807, 2.05) is 121 Å². The van der Waals surface area contributed by atoms with E-state index in [2.05, 4.69) is 84.9 Å². The van der Waals surface area contributed by atoms with Gasteiger partial charge in [-0.3, -0.25) is 0 Å². The Morgan fingerprint density at radius 2 is 0.768 bits per heavy atom. The molecule has 0 unspecified atom stereocenters. The summed E-state index contributed by atoms with van der Waals surface area (Å²) >= 11 is 0. The summed E-state index contributed by atoms with van der Waals surface area (Å²) in [6.07, 6.45) is 0. The predicted molar refractivity (Wildman–Crippen MR) is 233 cm³/mol. The van der Waals surface area contributed by atoms with Gasteiger partial charge >= 0.3 is 0 Å². The van der Waals surface area contributed by atoms with Crippen LogP contribution in [-0.2, 0) is 4.57 Å². The quantitative estimate of drug-likeness (QED) is 0.121. The lowest BCUT2D eigenvalue weighted by molar-refractivity contribution is 0.592. The van der Waals surface area contributed by atoms with Crippen molar-refractivity contribution < 1.29 is 4.57 Å². The van der Waals surface area contributed by atoms with Crippen LogP contribution in [0.2, 0.25) is 0 Å². The van der Waals surface area contributed by atoms with E-state index in [1.54, 1.807) is 0 Å². The van der Waals surface area contributed by atoms with E-state index in [0.29, 0.717) is 0 Å². The van der Waals surface area contributed by atoms with Crippen LogP contribution in [0.4, 0.5) is 0 Å². The average molecular weight is 736 g/mol. The zero-order chi connectivity index (χ0) is 37.5. The van der Waals surface area contributed by atoms with Gasteiger partial charge in [-0.05, 0) is 23.3 Å². The number of hydrogen-bond donors (Lipinski definition) is 0. The van der Waals surface area contributed by atoms with E-state index in [0.717, 1.165) is 93.5 Å². The summed E-state index contributed by atoms with van der Waals surface area (Å²) in [6.45, 7) is 0. The molecule has 0 aliphatic heterocycles. The van der Waals surface area contributed by atoms with Gasteiger partial charge in [-0.25, -0.2) is 15.0 Å². The minimum Gasteiger partial charge on any atom is -0.309 e. The molecule has 0 saturated carbocycles. The minimum absolute atomic E-state index is 0.772.